The molecule has 0 saturated heterocycles. The van der Waals surface area contributed by atoms with Crippen LogP contribution in [-0.2, 0) is 23.9 Å². The Bertz CT molecular complexity index is 1060. The molecule has 5 fully saturated rings. The van der Waals surface area contributed by atoms with Gasteiger partial charge >= 0.3 is 11.9 Å². The fourth-order valence-electron chi connectivity index (χ4n) is 7.90. The molecule has 6 rings (SSSR count). The normalized spacial score (nSPS) is 38.8. The number of thiophene rings is 1. The summed E-state index contributed by atoms with van der Waals surface area (Å²) in [5.74, 6) is -1.00. The van der Waals surface area contributed by atoms with Gasteiger partial charge in [0.15, 0.2) is 5.78 Å². The molecular formula is C27H32O6S. The van der Waals surface area contributed by atoms with Crippen LogP contribution in [0, 0.1) is 34.0 Å². The van der Waals surface area contributed by atoms with Crippen molar-refractivity contribution in [3.05, 3.63) is 34.5 Å². The highest BCUT2D eigenvalue weighted by Gasteiger charge is 2.72. The summed E-state index contributed by atoms with van der Waals surface area (Å²) >= 11 is 1.34. The maximum Gasteiger partial charge on any atom is 0.348 e. The summed E-state index contributed by atoms with van der Waals surface area (Å²) < 4.78 is 11.5. The summed E-state index contributed by atoms with van der Waals surface area (Å²) in [4.78, 5) is 52.5. The zero-order chi connectivity index (χ0) is 24.3. The Morgan fingerprint density at radius 3 is 2.65 bits per heavy atom. The van der Waals surface area contributed by atoms with Gasteiger partial charge in [0.1, 0.15) is 10.7 Å². The van der Waals surface area contributed by atoms with E-state index in [0.717, 1.165) is 32.1 Å². The summed E-state index contributed by atoms with van der Waals surface area (Å²) in [6.45, 7) is 7.96. The molecule has 6 nitrogen and oxygen atoms in total. The van der Waals surface area contributed by atoms with Crippen LogP contribution in [0.25, 0.3) is 0 Å². The molecule has 1 spiro atoms. The van der Waals surface area contributed by atoms with Crippen LogP contribution in [0.15, 0.2) is 29.7 Å². The standard InChI is InChI=1S/C27H32O6S/c1-16-18-7-10-27(23(16)30)21(12-18)26(15-32-17(2)28)9-5-8-25(3,20(26)13-22(27)29)14-33-24(31)19-6-4-11-34-19/h4,6,11,18,20-21H,1,5,7-10,12-15H2,2-3H3. The van der Waals surface area contributed by atoms with Crippen LogP contribution in [0.1, 0.15) is 68.5 Å². The number of rotatable bonds is 5. The van der Waals surface area contributed by atoms with Crippen molar-refractivity contribution in [3.63, 3.8) is 0 Å². The van der Waals surface area contributed by atoms with E-state index in [1.165, 1.54) is 18.3 Å². The minimum absolute atomic E-state index is 0.00274. The van der Waals surface area contributed by atoms with Crippen molar-refractivity contribution in [2.24, 2.45) is 34.0 Å². The van der Waals surface area contributed by atoms with E-state index in [0.29, 0.717) is 16.9 Å². The van der Waals surface area contributed by atoms with Gasteiger partial charge in [-0.2, -0.15) is 0 Å². The van der Waals surface area contributed by atoms with E-state index in [1.807, 2.05) is 11.4 Å². The van der Waals surface area contributed by atoms with Crippen LogP contribution in [0.4, 0.5) is 0 Å². The molecule has 5 aliphatic rings. The van der Waals surface area contributed by atoms with Crippen molar-refractivity contribution in [1.29, 1.82) is 0 Å². The molecule has 0 amide bonds. The number of carbonyl (C=O) groups excluding carboxylic acids is 4. The van der Waals surface area contributed by atoms with Gasteiger partial charge in [0.05, 0.1) is 18.6 Å². The molecule has 7 heteroatoms. The second-order valence-electron chi connectivity index (χ2n) is 11.1. The molecule has 6 unspecified atom stereocenters. The Morgan fingerprint density at radius 1 is 1.15 bits per heavy atom. The Morgan fingerprint density at radius 2 is 1.94 bits per heavy atom. The average Bonchev–Trinajstić information content (AvgIpc) is 3.36. The molecule has 5 aliphatic carbocycles. The van der Waals surface area contributed by atoms with Gasteiger partial charge in [-0.1, -0.05) is 26.0 Å². The van der Waals surface area contributed by atoms with E-state index in [9.17, 15) is 19.2 Å². The minimum Gasteiger partial charge on any atom is -0.465 e. The van der Waals surface area contributed by atoms with Gasteiger partial charge in [-0.3, -0.25) is 14.4 Å². The second-order valence-corrected chi connectivity index (χ2v) is 12.1. The first-order chi connectivity index (χ1) is 16.1. The van der Waals surface area contributed by atoms with Crippen molar-refractivity contribution in [1.82, 2.24) is 0 Å². The summed E-state index contributed by atoms with van der Waals surface area (Å²) in [5.41, 5.74) is -1.37. The average molecular weight is 485 g/mol. The molecule has 0 aliphatic heterocycles. The number of ether oxygens (including phenoxy) is 2. The summed E-state index contributed by atoms with van der Waals surface area (Å²) in [6, 6.07) is 3.56. The minimum atomic E-state index is -1.03. The topological polar surface area (TPSA) is 86.7 Å². The van der Waals surface area contributed by atoms with Crippen molar-refractivity contribution in [3.8, 4) is 0 Å². The van der Waals surface area contributed by atoms with Crippen molar-refractivity contribution < 1.29 is 28.7 Å². The lowest BCUT2D eigenvalue weighted by Gasteiger charge is -2.66. The molecule has 0 N–H and O–H groups in total. The maximum atomic E-state index is 13.8. The lowest BCUT2D eigenvalue weighted by Crippen LogP contribution is -2.69. The Balaban J connectivity index is 1.52. The summed E-state index contributed by atoms with van der Waals surface area (Å²) in [7, 11) is 0. The van der Waals surface area contributed by atoms with Crippen molar-refractivity contribution >= 4 is 34.8 Å². The van der Waals surface area contributed by atoms with E-state index in [1.54, 1.807) is 6.07 Å². The number of fused-ring (bicyclic) bond motifs is 3. The Labute approximate surface area is 204 Å². The van der Waals surface area contributed by atoms with E-state index >= 15 is 0 Å². The highest BCUT2D eigenvalue weighted by molar-refractivity contribution is 7.11. The molecule has 1 aromatic heterocycles. The molecule has 1 aromatic rings. The van der Waals surface area contributed by atoms with Gasteiger partial charge in [-0.05, 0) is 66.9 Å². The number of ketones is 2. The van der Waals surface area contributed by atoms with Crippen molar-refractivity contribution in [2.75, 3.05) is 13.2 Å². The first-order valence-electron chi connectivity index (χ1n) is 12.2. The molecule has 1 heterocycles. The molecule has 182 valence electrons. The van der Waals surface area contributed by atoms with E-state index in [-0.39, 0.29) is 60.9 Å². The van der Waals surface area contributed by atoms with Gasteiger partial charge in [0, 0.05) is 24.2 Å². The number of Topliss-reactive ketones (excluding diaryl/α,β-unsaturated/α-hetero) is 2. The van der Waals surface area contributed by atoms with E-state index in [4.69, 9.17) is 9.47 Å². The fourth-order valence-corrected chi connectivity index (χ4v) is 8.52. The molecule has 0 aromatic carbocycles. The van der Waals surface area contributed by atoms with Gasteiger partial charge in [0.25, 0.3) is 0 Å². The first-order valence-corrected chi connectivity index (χ1v) is 13.1. The van der Waals surface area contributed by atoms with Gasteiger partial charge in [-0.15, -0.1) is 11.3 Å². The van der Waals surface area contributed by atoms with Crippen LogP contribution >= 0.6 is 11.3 Å². The number of allylic oxidation sites excluding steroid dienone is 1. The highest BCUT2D eigenvalue weighted by atomic mass is 32.1. The van der Waals surface area contributed by atoms with Crippen LogP contribution < -0.4 is 0 Å². The SMILES string of the molecule is C=C1C(=O)C23CCC1CC2C1(COC(C)=O)CCCC(C)(COC(=O)c2cccs2)C1CC3=O. The fraction of sp³-hybridized carbons (Fsp3) is 0.630. The Hall–Kier alpha value is -2.28. The first kappa shape index (κ1) is 23.5. The molecule has 34 heavy (non-hydrogen) atoms. The van der Waals surface area contributed by atoms with Gasteiger partial charge in [0.2, 0.25) is 0 Å². The third-order valence-corrected chi connectivity index (χ3v) is 10.3. The molecule has 0 radical (unpaired) electrons. The summed E-state index contributed by atoms with van der Waals surface area (Å²) in [6.07, 6.45) is 4.84. The van der Waals surface area contributed by atoms with Crippen molar-refractivity contribution in [2.45, 2.75) is 58.8 Å². The highest BCUT2D eigenvalue weighted by Crippen LogP contribution is 2.70. The lowest BCUT2D eigenvalue weighted by atomic mass is 9.36. The molecule has 6 atom stereocenters. The maximum absolute atomic E-state index is 13.8. The predicted octanol–water partition coefficient (Wildman–Crippen LogP) is 4.78. The molecular weight excluding hydrogens is 452 g/mol. The second kappa shape index (κ2) is 8.14. The monoisotopic (exact) mass is 484 g/mol. The van der Waals surface area contributed by atoms with Gasteiger partial charge < -0.3 is 9.47 Å². The third-order valence-electron chi connectivity index (χ3n) is 9.50. The number of hydrogen-bond acceptors (Lipinski definition) is 7. The van der Waals surface area contributed by atoms with E-state index in [2.05, 4.69) is 13.5 Å². The Kier molecular flexibility index (Phi) is 5.62. The molecule has 2 bridgehead atoms. The zero-order valence-corrected chi connectivity index (χ0v) is 20.7. The van der Waals surface area contributed by atoms with E-state index < -0.39 is 16.2 Å². The van der Waals surface area contributed by atoms with Gasteiger partial charge in [-0.25, -0.2) is 4.79 Å². The number of esters is 2. The third kappa shape index (κ3) is 3.26. The largest absolute Gasteiger partial charge is 0.465 e. The predicted molar refractivity (Wildman–Crippen MR) is 126 cm³/mol. The molecule has 5 saturated carbocycles. The number of hydrogen-bond donors (Lipinski definition) is 0. The lowest BCUT2D eigenvalue weighted by molar-refractivity contribution is -0.205. The van der Waals surface area contributed by atoms with Crippen LogP contribution in [0.2, 0.25) is 0 Å². The smallest absolute Gasteiger partial charge is 0.348 e. The number of carbonyl (C=O) groups is 4. The van der Waals surface area contributed by atoms with Crippen LogP contribution in [0.5, 0.6) is 0 Å². The summed E-state index contributed by atoms with van der Waals surface area (Å²) in [5, 5.41) is 1.84. The van der Waals surface area contributed by atoms with Crippen LogP contribution in [0.3, 0.4) is 0 Å². The van der Waals surface area contributed by atoms with Crippen LogP contribution in [-0.4, -0.2) is 36.7 Å². The zero-order valence-electron chi connectivity index (χ0n) is 19.9. The quantitative estimate of drug-likeness (QED) is 0.340.